The molecule has 0 aliphatic carbocycles. The van der Waals surface area contributed by atoms with Crippen molar-refractivity contribution in [3.8, 4) is 2.59 Å². The molecule has 0 spiro atoms. The molecule has 0 aliphatic heterocycles. The average Bonchev–Trinajstić information content (AvgIpc) is 2.04. The molecular formula is C8H8NY. The summed E-state index contributed by atoms with van der Waals surface area (Å²) in [5.74, 6) is 0. The molecule has 0 amide bonds. The minimum absolute atomic E-state index is 0.615. The summed E-state index contributed by atoms with van der Waals surface area (Å²) in [5, 5.41) is 0. The molecule has 0 aromatic heterocycles. The van der Waals surface area contributed by atoms with Crippen LogP contribution < -0.4 is 5.73 Å². The van der Waals surface area contributed by atoms with Crippen molar-refractivity contribution in [2.75, 3.05) is 0 Å². The SMILES string of the molecule is NCc1ccccc1[C]#[Y]. The first kappa shape index (κ1) is 8.16. The Balaban J connectivity index is 3.12. The molecule has 2 N–H and O–H groups in total. The van der Waals surface area contributed by atoms with Crippen molar-refractivity contribution in [1.82, 2.24) is 0 Å². The van der Waals surface area contributed by atoms with Gasteiger partial charge in [-0.3, -0.25) is 0 Å². The van der Waals surface area contributed by atoms with E-state index < -0.39 is 0 Å². The number of nitrogens with two attached hydrogens (primary N) is 1. The first-order chi connectivity index (χ1) is 4.88. The average molecular weight is 207 g/mol. The first-order valence-electron chi connectivity index (χ1n) is 3.13. The fraction of sp³-hybridized carbons (Fsp3) is 0.125. The number of hydrogen-bond donors (Lipinski definition) is 1. The Hall–Kier alpha value is 0.0639. The minimum atomic E-state index is 0.615. The Labute approximate surface area is 80.1 Å². The second-order valence-electron chi connectivity index (χ2n) is 2.01. The van der Waals surface area contributed by atoms with Gasteiger partial charge in [-0.1, -0.05) is 0 Å². The maximum atomic E-state index is 5.50. The van der Waals surface area contributed by atoms with Crippen LogP contribution in [0.3, 0.4) is 0 Å². The van der Waals surface area contributed by atoms with Gasteiger partial charge in [-0.2, -0.15) is 0 Å². The van der Waals surface area contributed by atoms with E-state index in [1.807, 2.05) is 24.3 Å². The molecule has 1 aromatic rings. The second-order valence-corrected chi connectivity index (χ2v) is 2.72. The molecule has 1 nitrogen and oxygen atoms in total. The van der Waals surface area contributed by atoms with Crippen molar-refractivity contribution in [1.29, 1.82) is 0 Å². The van der Waals surface area contributed by atoms with Crippen LogP contribution in [0.4, 0.5) is 0 Å². The molecule has 1 rings (SSSR count). The molecule has 2 heteroatoms. The Morgan fingerprint density at radius 2 is 2.10 bits per heavy atom. The zero-order valence-electron chi connectivity index (χ0n) is 5.67. The van der Waals surface area contributed by atoms with E-state index in [9.17, 15) is 0 Å². The van der Waals surface area contributed by atoms with Crippen LogP contribution in [-0.4, -0.2) is 0 Å². The van der Waals surface area contributed by atoms with Crippen molar-refractivity contribution in [3.63, 3.8) is 0 Å². The van der Waals surface area contributed by atoms with Gasteiger partial charge >= 0.3 is 80.5 Å². The summed E-state index contributed by atoms with van der Waals surface area (Å²) in [6.07, 6.45) is 0. The van der Waals surface area contributed by atoms with E-state index >= 15 is 0 Å². The van der Waals surface area contributed by atoms with Gasteiger partial charge in [0.05, 0.1) is 0 Å². The van der Waals surface area contributed by atoms with E-state index in [1.54, 1.807) is 0 Å². The molecule has 0 heterocycles. The van der Waals surface area contributed by atoms with Crippen LogP contribution in [-0.2, 0) is 36.8 Å². The van der Waals surface area contributed by atoms with Crippen LogP contribution in [0.15, 0.2) is 24.3 Å². The van der Waals surface area contributed by atoms with E-state index in [0.717, 1.165) is 30.2 Å². The maximum absolute atomic E-state index is 5.50. The van der Waals surface area contributed by atoms with Crippen LogP contribution >= 0.6 is 0 Å². The normalized spacial score (nSPS) is 9.10. The second kappa shape index (κ2) is 4.05. The van der Waals surface area contributed by atoms with Crippen molar-refractivity contribution >= 4 is 0 Å². The van der Waals surface area contributed by atoms with Crippen LogP contribution in [0.5, 0.6) is 0 Å². The van der Waals surface area contributed by atoms with Gasteiger partial charge in [-0.15, -0.1) is 0 Å². The number of hydrogen-bond acceptors (Lipinski definition) is 1. The van der Waals surface area contributed by atoms with Gasteiger partial charge in [0.15, 0.2) is 0 Å². The molecule has 0 fully saturated rings. The van der Waals surface area contributed by atoms with Gasteiger partial charge in [0, 0.05) is 0 Å². The van der Waals surface area contributed by atoms with E-state index in [1.165, 1.54) is 11.1 Å². The van der Waals surface area contributed by atoms with Gasteiger partial charge in [-0.05, 0) is 0 Å². The Kier molecular flexibility index (Phi) is 3.31. The van der Waals surface area contributed by atoms with Gasteiger partial charge in [0.2, 0.25) is 0 Å². The molecule has 0 saturated carbocycles. The summed E-state index contributed by atoms with van der Waals surface area (Å²) in [6.45, 7) is 0.615. The summed E-state index contributed by atoms with van der Waals surface area (Å²) < 4.78 is 3.20. The molecule has 1 aromatic carbocycles. The predicted molar refractivity (Wildman–Crippen MR) is 37.3 cm³/mol. The predicted octanol–water partition coefficient (Wildman–Crippen LogP) is 0.999. The fourth-order valence-corrected chi connectivity index (χ4v) is 1.53. The van der Waals surface area contributed by atoms with Crippen molar-refractivity contribution in [2.24, 2.45) is 5.73 Å². The molecular weight excluding hydrogens is 199 g/mol. The number of rotatable bonds is 1. The third-order valence-corrected chi connectivity index (χ3v) is 2.16. The molecule has 0 atom stereocenters. The van der Waals surface area contributed by atoms with E-state index in [4.69, 9.17) is 5.73 Å². The summed E-state index contributed by atoms with van der Waals surface area (Å²) in [6, 6.07) is 8.10. The third-order valence-electron chi connectivity index (χ3n) is 1.39. The van der Waals surface area contributed by atoms with E-state index in [2.05, 4.69) is 2.59 Å². The van der Waals surface area contributed by atoms with E-state index in [-0.39, 0.29) is 0 Å². The molecule has 10 heavy (non-hydrogen) atoms. The molecule has 0 radical (unpaired) electrons. The zero-order chi connectivity index (χ0) is 7.40. The van der Waals surface area contributed by atoms with Gasteiger partial charge in [0.25, 0.3) is 0 Å². The Bertz CT molecular complexity index is 262. The van der Waals surface area contributed by atoms with Gasteiger partial charge in [0.1, 0.15) is 0 Å². The molecule has 0 bridgehead atoms. The molecule has 0 unspecified atom stereocenters. The fourth-order valence-electron chi connectivity index (χ4n) is 0.839. The van der Waals surface area contributed by atoms with E-state index in [0.29, 0.717) is 6.54 Å². The standard InChI is InChI=1S/C8H8N.Y/c1-7-4-2-3-5-8(7)6-9;/h2-5H,6,9H2;. The van der Waals surface area contributed by atoms with Crippen molar-refractivity contribution in [3.05, 3.63) is 35.4 Å². The monoisotopic (exact) mass is 207 g/mol. The molecule has 0 saturated heterocycles. The summed E-state index contributed by atoms with van der Waals surface area (Å²) in [7, 11) is 0. The van der Waals surface area contributed by atoms with Crippen LogP contribution in [0, 0.1) is 2.59 Å². The van der Waals surface area contributed by atoms with Gasteiger partial charge in [-0.25, -0.2) is 0 Å². The van der Waals surface area contributed by atoms with Crippen LogP contribution in [0.25, 0.3) is 0 Å². The Morgan fingerprint density at radius 3 is 2.60 bits per heavy atom. The van der Waals surface area contributed by atoms with Crippen LogP contribution in [0.1, 0.15) is 11.1 Å². The summed E-state index contributed by atoms with van der Waals surface area (Å²) in [4.78, 5) is 0. The topological polar surface area (TPSA) is 26.0 Å². The van der Waals surface area contributed by atoms with Gasteiger partial charge < -0.3 is 0 Å². The van der Waals surface area contributed by atoms with Crippen molar-refractivity contribution < 1.29 is 30.2 Å². The molecule has 0 aliphatic rings. The quantitative estimate of drug-likeness (QED) is 0.730. The number of benzene rings is 1. The third kappa shape index (κ3) is 1.77. The summed E-state index contributed by atoms with van der Waals surface area (Å²) in [5.41, 5.74) is 7.86. The molecule has 48 valence electrons. The Morgan fingerprint density at radius 1 is 1.40 bits per heavy atom. The summed E-state index contributed by atoms with van der Waals surface area (Å²) >= 11 is 1.03. The zero-order valence-corrected chi connectivity index (χ0v) is 8.51. The van der Waals surface area contributed by atoms with Crippen molar-refractivity contribution in [2.45, 2.75) is 6.54 Å². The van der Waals surface area contributed by atoms with Crippen LogP contribution in [0.2, 0.25) is 0 Å². The first-order valence-corrected chi connectivity index (χ1v) is 4.55.